The van der Waals surface area contributed by atoms with Crippen LogP contribution < -0.4 is 5.32 Å². The van der Waals surface area contributed by atoms with E-state index in [0.29, 0.717) is 10.9 Å². The zero-order valence-electron chi connectivity index (χ0n) is 8.55. The Bertz CT molecular complexity index is 516. The lowest BCUT2D eigenvalue weighted by Crippen LogP contribution is -2.19. The van der Waals surface area contributed by atoms with E-state index in [2.05, 4.69) is 15.5 Å². The summed E-state index contributed by atoms with van der Waals surface area (Å²) in [7, 11) is 0. The summed E-state index contributed by atoms with van der Waals surface area (Å²) in [6, 6.07) is 3.72. The highest BCUT2D eigenvalue weighted by molar-refractivity contribution is 8.15. The number of carbonyl (C=O) groups is 1. The molecule has 1 amide bonds. The normalized spacial score (nSPS) is 17.9. The third kappa shape index (κ3) is 3.04. The molecule has 1 aromatic rings. The second kappa shape index (κ2) is 4.96. The van der Waals surface area contributed by atoms with Gasteiger partial charge in [0.2, 0.25) is 5.91 Å². The van der Waals surface area contributed by atoms with Crippen molar-refractivity contribution in [3.63, 3.8) is 0 Å². The Labute approximate surface area is 100 Å². The van der Waals surface area contributed by atoms with Crippen molar-refractivity contribution < 1.29 is 14.3 Å². The van der Waals surface area contributed by atoms with Gasteiger partial charge < -0.3 is 10.4 Å². The van der Waals surface area contributed by atoms with Crippen LogP contribution in [-0.2, 0) is 4.79 Å². The van der Waals surface area contributed by atoms with Crippen molar-refractivity contribution in [1.29, 1.82) is 0 Å². The van der Waals surface area contributed by atoms with E-state index in [-0.39, 0.29) is 17.2 Å². The Morgan fingerprint density at radius 2 is 2.35 bits per heavy atom. The number of phenols is 1. The van der Waals surface area contributed by atoms with Crippen molar-refractivity contribution in [3.8, 4) is 5.75 Å². The monoisotopic (exact) mass is 253 g/mol. The fraction of sp³-hybridized carbons (Fsp3) is 0.100. The SMILES string of the molecule is O=C1CSC(=NN=Cc2ccc(O)cc2F)N1. The highest BCUT2D eigenvalue weighted by Gasteiger charge is 2.15. The molecule has 0 saturated carbocycles. The van der Waals surface area contributed by atoms with Crippen molar-refractivity contribution in [2.75, 3.05) is 5.75 Å². The van der Waals surface area contributed by atoms with E-state index in [1.165, 1.54) is 30.1 Å². The molecule has 7 heteroatoms. The van der Waals surface area contributed by atoms with Crippen molar-refractivity contribution >= 4 is 29.1 Å². The molecular formula is C10H8FN3O2S. The van der Waals surface area contributed by atoms with Gasteiger partial charge in [-0.25, -0.2) is 4.39 Å². The van der Waals surface area contributed by atoms with Crippen molar-refractivity contribution in [3.05, 3.63) is 29.6 Å². The maximum atomic E-state index is 13.2. The van der Waals surface area contributed by atoms with Gasteiger partial charge in [-0.15, -0.1) is 5.10 Å². The molecule has 1 saturated heterocycles. The summed E-state index contributed by atoms with van der Waals surface area (Å²) in [4.78, 5) is 10.8. The minimum absolute atomic E-state index is 0.125. The van der Waals surface area contributed by atoms with E-state index >= 15 is 0 Å². The van der Waals surface area contributed by atoms with Crippen LogP contribution in [0.15, 0.2) is 28.4 Å². The maximum absolute atomic E-state index is 13.2. The first-order chi connectivity index (χ1) is 8.15. The molecule has 2 rings (SSSR count). The number of amidine groups is 1. The van der Waals surface area contributed by atoms with Gasteiger partial charge in [0.15, 0.2) is 5.17 Å². The number of benzene rings is 1. The van der Waals surface area contributed by atoms with Crippen LogP contribution in [0.4, 0.5) is 4.39 Å². The second-order valence-corrected chi connectivity index (χ2v) is 4.16. The fourth-order valence-electron chi connectivity index (χ4n) is 1.14. The van der Waals surface area contributed by atoms with E-state index in [1.54, 1.807) is 0 Å². The molecule has 0 aliphatic carbocycles. The highest BCUT2D eigenvalue weighted by atomic mass is 32.2. The maximum Gasteiger partial charge on any atom is 0.236 e. The van der Waals surface area contributed by atoms with E-state index < -0.39 is 5.82 Å². The predicted molar refractivity (Wildman–Crippen MR) is 63.7 cm³/mol. The number of rotatable bonds is 2. The molecule has 2 N–H and O–H groups in total. The largest absolute Gasteiger partial charge is 0.508 e. The number of phenolic OH excluding ortho intramolecular Hbond substituents is 1. The third-order valence-electron chi connectivity index (χ3n) is 1.92. The van der Waals surface area contributed by atoms with Crippen LogP contribution in [0.1, 0.15) is 5.56 Å². The second-order valence-electron chi connectivity index (χ2n) is 3.19. The van der Waals surface area contributed by atoms with Gasteiger partial charge in [0.1, 0.15) is 11.6 Å². The molecule has 0 atom stereocenters. The summed E-state index contributed by atoms with van der Waals surface area (Å²) < 4.78 is 13.2. The summed E-state index contributed by atoms with van der Waals surface area (Å²) in [6.07, 6.45) is 1.22. The average Bonchev–Trinajstić information content (AvgIpc) is 2.68. The minimum atomic E-state index is -0.586. The average molecular weight is 253 g/mol. The van der Waals surface area contributed by atoms with Gasteiger partial charge in [0.25, 0.3) is 0 Å². The van der Waals surface area contributed by atoms with E-state index in [0.717, 1.165) is 6.07 Å². The molecule has 0 spiro atoms. The summed E-state index contributed by atoms with van der Waals surface area (Å²) in [5.74, 6) is -0.538. The smallest absolute Gasteiger partial charge is 0.236 e. The van der Waals surface area contributed by atoms with Gasteiger partial charge >= 0.3 is 0 Å². The number of nitrogens with one attached hydrogen (secondary N) is 1. The van der Waals surface area contributed by atoms with Crippen LogP contribution in [-0.4, -0.2) is 28.1 Å². The molecule has 0 unspecified atom stereocenters. The Balaban J connectivity index is 2.08. The number of nitrogens with zero attached hydrogens (tertiary/aromatic N) is 2. The molecule has 1 heterocycles. The Kier molecular flexibility index (Phi) is 3.38. The fourth-order valence-corrected chi connectivity index (χ4v) is 1.77. The Morgan fingerprint density at radius 3 is 3.00 bits per heavy atom. The van der Waals surface area contributed by atoms with E-state index in [4.69, 9.17) is 5.11 Å². The molecule has 5 nitrogen and oxygen atoms in total. The lowest BCUT2D eigenvalue weighted by atomic mass is 10.2. The highest BCUT2D eigenvalue weighted by Crippen LogP contribution is 2.13. The van der Waals surface area contributed by atoms with E-state index in [9.17, 15) is 9.18 Å². The summed E-state index contributed by atoms with van der Waals surface area (Å²) in [5.41, 5.74) is 0.210. The lowest BCUT2D eigenvalue weighted by Gasteiger charge is -1.96. The number of carbonyl (C=O) groups excluding carboxylic acids is 1. The van der Waals surface area contributed by atoms with Crippen LogP contribution in [0.2, 0.25) is 0 Å². The van der Waals surface area contributed by atoms with Gasteiger partial charge in [-0.05, 0) is 12.1 Å². The van der Waals surface area contributed by atoms with Gasteiger partial charge in [-0.2, -0.15) is 5.10 Å². The number of aromatic hydroxyl groups is 1. The first-order valence-electron chi connectivity index (χ1n) is 4.67. The zero-order valence-corrected chi connectivity index (χ0v) is 9.37. The molecule has 17 heavy (non-hydrogen) atoms. The first kappa shape index (κ1) is 11.6. The number of amides is 1. The Morgan fingerprint density at radius 1 is 1.53 bits per heavy atom. The van der Waals surface area contributed by atoms with Crippen molar-refractivity contribution in [2.24, 2.45) is 10.2 Å². The predicted octanol–water partition coefficient (Wildman–Crippen LogP) is 1.08. The van der Waals surface area contributed by atoms with Crippen LogP contribution in [0, 0.1) is 5.82 Å². The Hall–Kier alpha value is -1.89. The molecule has 0 radical (unpaired) electrons. The van der Waals surface area contributed by atoms with Gasteiger partial charge in [0, 0.05) is 11.6 Å². The molecule has 1 aliphatic rings. The van der Waals surface area contributed by atoms with E-state index in [1.807, 2.05) is 0 Å². The van der Waals surface area contributed by atoms with Crippen LogP contribution in [0.25, 0.3) is 0 Å². The van der Waals surface area contributed by atoms with Crippen molar-refractivity contribution in [2.45, 2.75) is 0 Å². The lowest BCUT2D eigenvalue weighted by molar-refractivity contribution is -0.116. The summed E-state index contributed by atoms with van der Waals surface area (Å²) in [6.45, 7) is 0. The topological polar surface area (TPSA) is 74.0 Å². The minimum Gasteiger partial charge on any atom is -0.508 e. The molecule has 1 fully saturated rings. The van der Waals surface area contributed by atoms with Gasteiger partial charge in [-0.3, -0.25) is 4.79 Å². The van der Waals surface area contributed by atoms with Crippen LogP contribution in [0.5, 0.6) is 5.75 Å². The van der Waals surface area contributed by atoms with Crippen molar-refractivity contribution in [1.82, 2.24) is 5.32 Å². The summed E-state index contributed by atoms with van der Waals surface area (Å²) >= 11 is 1.23. The third-order valence-corrected chi connectivity index (χ3v) is 2.78. The summed E-state index contributed by atoms with van der Waals surface area (Å²) in [5, 5.41) is 19.3. The number of thioether (sulfide) groups is 1. The number of hydrogen-bond acceptors (Lipinski definition) is 5. The molecule has 0 aromatic heterocycles. The molecule has 1 aliphatic heterocycles. The zero-order chi connectivity index (χ0) is 12.3. The first-order valence-corrected chi connectivity index (χ1v) is 5.66. The molecule has 1 aromatic carbocycles. The van der Waals surface area contributed by atoms with Gasteiger partial charge in [0.05, 0.1) is 12.0 Å². The quantitative estimate of drug-likeness (QED) is 0.612. The number of halogens is 1. The van der Waals surface area contributed by atoms with Crippen LogP contribution in [0.3, 0.4) is 0 Å². The molecule has 0 bridgehead atoms. The molecule has 88 valence electrons. The number of hydrogen-bond donors (Lipinski definition) is 2. The standard InChI is InChI=1S/C10H8FN3O2S/c11-8-3-7(15)2-1-6(8)4-12-14-10-13-9(16)5-17-10/h1-4,15H,5H2,(H,13,14,16). The van der Waals surface area contributed by atoms with Crippen LogP contribution >= 0.6 is 11.8 Å². The van der Waals surface area contributed by atoms with Gasteiger partial charge in [-0.1, -0.05) is 11.8 Å². The molecular weight excluding hydrogens is 245 g/mol.